The number of ether oxygens (including phenoxy) is 1. The fourth-order valence-corrected chi connectivity index (χ4v) is 1.83. The van der Waals surface area contributed by atoms with Gasteiger partial charge in [0, 0.05) is 32.1 Å². The molecule has 0 spiro atoms. The van der Waals surface area contributed by atoms with E-state index in [0.29, 0.717) is 12.6 Å². The molecule has 0 fully saturated rings. The second-order valence-corrected chi connectivity index (χ2v) is 4.79. The topological polar surface area (TPSA) is 41.5 Å². The lowest BCUT2D eigenvalue weighted by molar-refractivity contribution is 0.192. The van der Waals surface area contributed by atoms with Crippen molar-refractivity contribution in [3.63, 3.8) is 0 Å². The maximum atomic E-state index is 9.54. The molecule has 0 aromatic carbocycles. The highest BCUT2D eigenvalue weighted by molar-refractivity contribution is 7.99. The lowest BCUT2D eigenvalue weighted by Gasteiger charge is -2.13. The highest BCUT2D eigenvalue weighted by Gasteiger charge is 2.04. The van der Waals surface area contributed by atoms with Gasteiger partial charge in [-0.15, -0.1) is 0 Å². The highest BCUT2D eigenvalue weighted by Crippen LogP contribution is 2.04. The number of nitrogens with one attached hydrogen (secondary N) is 1. The molecule has 0 aliphatic heterocycles. The van der Waals surface area contributed by atoms with Crippen molar-refractivity contribution in [2.45, 2.75) is 32.4 Å². The maximum Gasteiger partial charge on any atom is 0.0754 e. The van der Waals surface area contributed by atoms with E-state index in [-0.39, 0.29) is 6.10 Å². The quantitative estimate of drug-likeness (QED) is 0.572. The molecule has 2 N–H and O–H groups in total. The van der Waals surface area contributed by atoms with Gasteiger partial charge in [0.15, 0.2) is 0 Å². The molecule has 0 aliphatic rings. The maximum absolute atomic E-state index is 9.54. The summed E-state index contributed by atoms with van der Waals surface area (Å²) in [6.07, 6.45) is 0.829. The van der Waals surface area contributed by atoms with Crippen LogP contribution in [0.4, 0.5) is 0 Å². The molecule has 0 aromatic heterocycles. The van der Waals surface area contributed by atoms with E-state index in [2.05, 4.69) is 19.2 Å². The van der Waals surface area contributed by atoms with E-state index in [0.717, 1.165) is 24.5 Å². The molecule has 1 unspecified atom stereocenters. The van der Waals surface area contributed by atoms with Crippen LogP contribution >= 0.6 is 11.8 Å². The fraction of sp³-hybridized carbons (Fsp3) is 1.00. The van der Waals surface area contributed by atoms with Gasteiger partial charge in [0.1, 0.15) is 0 Å². The van der Waals surface area contributed by atoms with E-state index < -0.39 is 0 Å². The molecule has 0 heterocycles. The number of rotatable bonds is 9. The first-order chi connectivity index (χ1) is 6.66. The predicted octanol–water partition coefficient (Wildman–Crippen LogP) is 1.12. The summed E-state index contributed by atoms with van der Waals surface area (Å²) < 4.78 is 4.94. The Morgan fingerprint density at radius 1 is 1.43 bits per heavy atom. The number of aliphatic hydroxyl groups excluding tert-OH is 1. The Balaban J connectivity index is 3.14. The Hall–Kier alpha value is 0.230. The molecular weight excluding hydrogens is 198 g/mol. The Kier molecular flexibility index (Phi) is 9.93. The summed E-state index contributed by atoms with van der Waals surface area (Å²) in [5.74, 6) is 1.87. The Bertz CT molecular complexity index is 123. The second-order valence-electron chi connectivity index (χ2n) is 3.64. The third-order valence-corrected chi connectivity index (χ3v) is 2.91. The second kappa shape index (κ2) is 9.77. The third-order valence-electron chi connectivity index (χ3n) is 1.71. The normalized spacial score (nSPS) is 13.5. The zero-order chi connectivity index (χ0) is 10.8. The molecule has 0 saturated heterocycles. The first-order valence-corrected chi connectivity index (χ1v) is 6.30. The molecule has 0 rings (SSSR count). The van der Waals surface area contributed by atoms with Gasteiger partial charge in [-0.05, 0) is 12.2 Å². The van der Waals surface area contributed by atoms with Gasteiger partial charge in [0.05, 0.1) is 6.10 Å². The first-order valence-electron chi connectivity index (χ1n) is 5.15. The van der Waals surface area contributed by atoms with Crippen LogP contribution in [0.1, 0.15) is 20.3 Å². The zero-order valence-corrected chi connectivity index (χ0v) is 10.3. The van der Waals surface area contributed by atoms with Gasteiger partial charge in [0.25, 0.3) is 0 Å². The van der Waals surface area contributed by atoms with Crippen LogP contribution in [0.5, 0.6) is 0 Å². The Morgan fingerprint density at radius 2 is 2.14 bits per heavy atom. The first kappa shape index (κ1) is 14.2. The van der Waals surface area contributed by atoms with Gasteiger partial charge in [-0.1, -0.05) is 13.8 Å². The summed E-state index contributed by atoms with van der Waals surface area (Å²) in [5.41, 5.74) is 0. The van der Waals surface area contributed by atoms with Crippen LogP contribution in [0.25, 0.3) is 0 Å². The number of hydrogen-bond donors (Lipinski definition) is 2. The van der Waals surface area contributed by atoms with Crippen molar-refractivity contribution >= 4 is 11.8 Å². The molecular formula is C10H23NO2S. The molecule has 3 nitrogen and oxygen atoms in total. The minimum Gasteiger partial charge on any atom is -0.391 e. The summed E-state index contributed by atoms with van der Waals surface area (Å²) in [6, 6.07) is 0.447. The number of hydrogen-bond acceptors (Lipinski definition) is 4. The molecule has 0 saturated carbocycles. The van der Waals surface area contributed by atoms with Crippen LogP contribution in [0, 0.1) is 0 Å². The van der Waals surface area contributed by atoms with Crippen LogP contribution in [0.2, 0.25) is 0 Å². The summed E-state index contributed by atoms with van der Waals surface area (Å²) in [4.78, 5) is 0. The summed E-state index contributed by atoms with van der Waals surface area (Å²) >= 11 is 1.78. The van der Waals surface area contributed by atoms with Crippen molar-refractivity contribution in [3.8, 4) is 0 Å². The number of methoxy groups -OCH3 is 1. The molecule has 0 bridgehead atoms. The Labute approximate surface area is 91.6 Å². The van der Waals surface area contributed by atoms with Crippen molar-refractivity contribution in [3.05, 3.63) is 0 Å². The largest absolute Gasteiger partial charge is 0.391 e. The summed E-state index contributed by atoms with van der Waals surface area (Å²) in [7, 11) is 1.71. The lowest BCUT2D eigenvalue weighted by Crippen LogP contribution is -2.33. The van der Waals surface area contributed by atoms with E-state index in [1.165, 1.54) is 0 Å². The van der Waals surface area contributed by atoms with E-state index in [9.17, 15) is 5.11 Å². The van der Waals surface area contributed by atoms with Crippen LogP contribution in [0.3, 0.4) is 0 Å². The van der Waals surface area contributed by atoms with Crippen molar-refractivity contribution < 1.29 is 9.84 Å². The SMILES string of the molecule is COCCCSCC(O)CNC(C)C. The van der Waals surface area contributed by atoms with E-state index in [1.807, 2.05) is 0 Å². The van der Waals surface area contributed by atoms with Gasteiger partial charge in [-0.25, -0.2) is 0 Å². The smallest absolute Gasteiger partial charge is 0.0754 e. The van der Waals surface area contributed by atoms with Crippen molar-refractivity contribution in [2.75, 3.05) is 31.8 Å². The average molecular weight is 221 g/mol. The van der Waals surface area contributed by atoms with Gasteiger partial charge < -0.3 is 15.2 Å². The standard InChI is InChI=1S/C10H23NO2S/c1-9(2)11-7-10(12)8-14-6-4-5-13-3/h9-12H,4-8H2,1-3H3. The number of thioether (sulfide) groups is 1. The van der Waals surface area contributed by atoms with Gasteiger partial charge in [0.2, 0.25) is 0 Å². The average Bonchev–Trinajstić information content (AvgIpc) is 2.14. The molecule has 0 radical (unpaired) electrons. The van der Waals surface area contributed by atoms with Crippen LogP contribution in [-0.2, 0) is 4.74 Å². The molecule has 0 amide bonds. The summed E-state index contributed by atoms with van der Waals surface area (Å²) in [5, 5.41) is 12.7. The highest BCUT2D eigenvalue weighted by atomic mass is 32.2. The molecule has 86 valence electrons. The van der Waals surface area contributed by atoms with Gasteiger partial charge in [-0.2, -0.15) is 11.8 Å². The minimum absolute atomic E-state index is 0.232. The number of aliphatic hydroxyl groups is 1. The van der Waals surface area contributed by atoms with E-state index >= 15 is 0 Å². The van der Waals surface area contributed by atoms with Crippen molar-refractivity contribution in [1.82, 2.24) is 5.32 Å². The molecule has 0 aromatic rings. The fourth-order valence-electron chi connectivity index (χ4n) is 0.955. The lowest BCUT2D eigenvalue weighted by atomic mass is 10.3. The van der Waals surface area contributed by atoms with Gasteiger partial charge >= 0.3 is 0 Å². The molecule has 4 heteroatoms. The monoisotopic (exact) mass is 221 g/mol. The van der Waals surface area contributed by atoms with Crippen LogP contribution in [-0.4, -0.2) is 49.0 Å². The predicted molar refractivity (Wildman–Crippen MR) is 63.0 cm³/mol. The van der Waals surface area contributed by atoms with Crippen LogP contribution in [0.15, 0.2) is 0 Å². The minimum atomic E-state index is -0.232. The summed E-state index contributed by atoms with van der Waals surface area (Å²) in [6.45, 7) is 5.67. The van der Waals surface area contributed by atoms with Crippen LogP contribution < -0.4 is 5.32 Å². The van der Waals surface area contributed by atoms with E-state index in [1.54, 1.807) is 18.9 Å². The molecule has 1 atom stereocenters. The van der Waals surface area contributed by atoms with Crippen molar-refractivity contribution in [2.24, 2.45) is 0 Å². The van der Waals surface area contributed by atoms with Crippen molar-refractivity contribution in [1.29, 1.82) is 0 Å². The molecule has 14 heavy (non-hydrogen) atoms. The van der Waals surface area contributed by atoms with E-state index in [4.69, 9.17) is 4.74 Å². The molecule has 0 aliphatic carbocycles. The van der Waals surface area contributed by atoms with Gasteiger partial charge in [-0.3, -0.25) is 0 Å². The third kappa shape index (κ3) is 10.3. The zero-order valence-electron chi connectivity index (χ0n) is 9.45. The Morgan fingerprint density at radius 3 is 2.71 bits per heavy atom.